The van der Waals surface area contributed by atoms with E-state index in [0.29, 0.717) is 16.0 Å². The van der Waals surface area contributed by atoms with Gasteiger partial charge >= 0.3 is 0 Å². The fourth-order valence-corrected chi connectivity index (χ4v) is 2.48. The Balaban J connectivity index is 2.59. The normalized spacial score (nSPS) is 10.3. The van der Waals surface area contributed by atoms with Gasteiger partial charge in [0.15, 0.2) is 5.78 Å². The fraction of sp³-hybridized carbons (Fsp3) is 0.188. The lowest BCUT2D eigenvalue weighted by Gasteiger charge is -2.12. The van der Waals surface area contributed by atoms with Crippen LogP contribution in [-0.4, -0.2) is 20.0 Å². The van der Waals surface area contributed by atoms with E-state index in [-0.39, 0.29) is 11.1 Å². The van der Waals surface area contributed by atoms with E-state index in [2.05, 4.69) is 15.9 Å². The van der Waals surface area contributed by atoms with Gasteiger partial charge in [-0.05, 0) is 47.1 Å². The molecule has 0 saturated heterocycles. The highest BCUT2D eigenvalue weighted by molar-refractivity contribution is 9.10. The summed E-state index contributed by atoms with van der Waals surface area (Å²) in [5.41, 5.74) is 1.07. The predicted molar refractivity (Wildman–Crippen MR) is 81.8 cm³/mol. The van der Waals surface area contributed by atoms with Crippen LogP contribution in [0, 0.1) is 12.7 Å². The van der Waals surface area contributed by atoms with Gasteiger partial charge in [0.25, 0.3) is 0 Å². The number of halogens is 2. The number of ketones is 1. The lowest BCUT2D eigenvalue weighted by atomic mass is 10.00. The van der Waals surface area contributed by atoms with Crippen LogP contribution in [0.4, 0.5) is 4.39 Å². The topological polar surface area (TPSA) is 35.5 Å². The summed E-state index contributed by atoms with van der Waals surface area (Å²) < 4.78 is 24.9. The van der Waals surface area contributed by atoms with Gasteiger partial charge in [-0.15, -0.1) is 0 Å². The number of aryl methyl sites for hydroxylation is 1. The zero-order valence-corrected chi connectivity index (χ0v) is 13.5. The zero-order chi connectivity index (χ0) is 15.6. The monoisotopic (exact) mass is 352 g/mol. The Labute approximate surface area is 130 Å². The maximum absolute atomic E-state index is 13.9. The van der Waals surface area contributed by atoms with Crippen molar-refractivity contribution < 1.29 is 18.7 Å². The largest absolute Gasteiger partial charge is 0.496 e. The first-order valence-electron chi connectivity index (χ1n) is 6.20. The predicted octanol–water partition coefficient (Wildman–Crippen LogP) is 4.14. The molecule has 0 radical (unpaired) electrons. The highest BCUT2D eigenvalue weighted by Gasteiger charge is 2.20. The fourth-order valence-electron chi connectivity index (χ4n) is 2.00. The van der Waals surface area contributed by atoms with E-state index in [1.165, 1.54) is 32.4 Å². The van der Waals surface area contributed by atoms with Crippen LogP contribution in [0.2, 0.25) is 0 Å². The molecule has 2 rings (SSSR count). The molecular formula is C16H14BrFO3. The molecule has 110 valence electrons. The molecule has 0 bridgehead atoms. The molecule has 0 fully saturated rings. The lowest BCUT2D eigenvalue weighted by molar-refractivity contribution is 0.103. The molecule has 5 heteroatoms. The molecule has 2 aromatic carbocycles. The molecule has 0 aromatic heterocycles. The Morgan fingerprint density at radius 3 is 2.33 bits per heavy atom. The van der Waals surface area contributed by atoms with Crippen molar-refractivity contribution in [1.82, 2.24) is 0 Å². The van der Waals surface area contributed by atoms with Gasteiger partial charge in [0, 0.05) is 0 Å². The van der Waals surface area contributed by atoms with Crippen molar-refractivity contribution in [3.05, 3.63) is 57.3 Å². The van der Waals surface area contributed by atoms with E-state index in [1.54, 1.807) is 19.1 Å². The maximum Gasteiger partial charge on any atom is 0.199 e. The van der Waals surface area contributed by atoms with Gasteiger partial charge in [0.2, 0.25) is 0 Å². The third-order valence-electron chi connectivity index (χ3n) is 3.09. The van der Waals surface area contributed by atoms with E-state index in [1.807, 2.05) is 0 Å². The van der Waals surface area contributed by atoms with Crippen molar-refractivity contribution in [1.29, 1.82) is 0 Å². The van der Waals surface area contributed by atoms with Crippen LogP contribution < -0.4 is 9.47 Å². The number of benzene rings is 2. The average Bonchev–Trinajstić information content (AvgIpc) is 2.48. The molecular weight excluding hydrogens is 339 g/mol. The first-order valence-corrected chi connectivity index (χ1v) is 6.99. The van der Waals surface area contributed by atoms with Crippen molar-refractivity contribution in [3.8, 4) is 11.5 Å². The van der Waals surface area contributed by atoms with Gasteiger partial charge in [-0.25, -0.2) is 4.39 Å². The first-order chi connectivity index (χ1) is 9.97. The second-order valence-electron chi connectivity index (χ2n) is 4.50. The van der Waals surface area contributed by atoms with E-state index >= 15 is 0 Å². The summed E-state index contributed by atoms with van der Waals surface area (Å²) in [5.74, 6) is -0.172. The number of carbonyl (C=O) groups is 1. The van der Waals surface area contributed by atoms with Crippen LogP contribution in [0.1, 0.15) is 21.5 Å². The van der Waals surface area contributed by atoms with Gasteiger partial charge < -0.3 is 9.47 Å². The number of methoxy groups -OCH3 is 2. The standard InChI is InChI=1S/C16H14BrFO3/c1-9-4-5-13(18)10(6-9)16(19)11-7-15(21-3)12(17)8-14(11)20-2/h4-8H,1-3H3. The summed E-state index contributed by atoms with van der Waals surface area (Å²) in [7, 11) is 2.95. The van der Waals surface area contributed by atoms with E-state index < -0.39 is 11.6 Å². The smallest absolute Gasteiger partial charge is 0.199 e. The van der Waals surface area contributed by atoms with Crippen LogP contribution in [0.25, 0.3) is 0 Å². The second kappa shape index (κ2) is 6.26. The Morgan fingerprint density at radius 2 is 1.71 bits per heavy atom. The van der Waals surface area contributed by atoms with Gasteiger partial charge in [0.05, 0.1) is 29.8 Å². The summed E-state index contributed by atoms with van der Waals surface area (Å²) in [4.78, 5) is 12.6. The number of carbonyl (C=O) groups excluding carboxylic acids is 1. The SMILES string of the molecule is COc1cc(C(=O)c2cc(C)ccc2F)c(OC)cc1Br. The van der Waals surface area contributed by atoms with Crippen LogP contribution in [-0.2, 0) is 0 Å². The van der Waals surface area contributed by atoms with Crippen LogP contribution >= 0.6 is 15.9 Å². The summed E-state index contributed by atoms with van der Waals surface area (Å²) in [6, 6.07) is 7.58. The maximum atomic E-state index is 13.9. The lowest BCUT2D eigenvalue weighted by Crippen LogP contribution is -2.07. The molecule has 3 nitrogen and oxygen atoms in total. The molecule has 0 heterocycles. The minimum Gasteiger partial charge on any atom is -0.496 e. The summed E-state index contributed by atoms with van der Waals surface area (Å²) in [6.07, 6.45) is 0. The molecule has 0 unspecified atom stereocenters. The number of ether oxygens (including phenoxy) is 2. The summed E-state index contributed by atoms with van der Waals surface area (Å²) in [5, 5.41) is 0. The molecule has 21 heavy (non-hydrogen) atoms. The Bertz CT molecular complexity index is 698. The highest BCUT2D eigenvalue weighted by Crippen LogP contribution is 2.34. The van der Waals surface area contributed by atoms with E-state index in [4.69, 9.17) is 9.47 Å². The Hall–Kier alpha value is -1.88. The molecule has 0 saturated carbocycles. The number of hydrogen-bond donors (Lipinski definition) is 0. The molecule has 0 aliphatic rings. The van der Waals surface area contributed by atoms with Crippen LogP contribution in [0.5, 0.6) is 11.5 Å². The van der Waals surface area contributed by atoms with Crippen LogP contribution in [0.15, 0.2) is 34.8 Å². The number of hydrogen-bond acceptors (Lipinski definition) is 3. The highest BCUT2D eigenvalue weighted by atomic mass is 79.9. The first kappa shape index (κ1) is 15.5. The molecule has 0 spiro atoms. The zero-order valence-electron chi connectivity index (χ0n) is 11.9. The number of rotatable bonds is 4. The van der Waals surface area contributed by atoms with Gasteiger partial charge in [-0.3, -0.25) is 4.79 Å². The van der Waals surface area contributed by atoms with Crippen molar-refractivity contribution in [2.75, 3.05) is 14.2 Å². The molecule has 0 atom stereocenters. The molecule has 0 amide bonds. The third kappa shape index (κ3) is 3.08. The third-order valence-corrected chi connectivity index (χ3v) is 3.70. The Kier molecular flexibility index (Phi) is 4.63. The minimum absolute atomic E-state index is 0.0117. The average molecular weight is 353 g/mol. The molecule has 0 aliphatic heterocycles. The van der Waals surface area contributed by atoms with Crippen molar-refractivity contribution >= 4 is 21.7 Å². The van der Waals surface area contributed by atoms with Crippen molar-refractivity contribution in [2.24, 2.45) is 0 Å². The van der Waals surface area contributed by atoms with Gasteiger partial charge in [-0.2, -0.15) is 0 Å². The van der Waals surface area contributed by atoms with Crippen molar-refractivity contribution in [3.63, 3.8) is 0 Å². The van der Waals surface area contributed by atoms with Gasteiger partial charge in [0.1, 0.15) is 17.3 Å². The van der Waals surface area contributed by atoms with Crippen LogP contribution in [0.3, 0.4) is 0 Å². The molecule has 0 N–H and O–H groups in total. The minimum atomic E-state index is -0.561. The van der Waals surface area contributed by atoms with E-state index in [9.17, 15) is 9.18 Å². The summed E-state index contributed by atoms with van der Waals surface area (Å²) in [6.45, 7) is 1.80. The Morgan fingerprint density at radius 1 is 1.05 bits per heavy atom. The quantitative estimate of drug-likeness (QED) is 0.775. The van der Waals surface area contributed by atoms with Gasteiger partial charge in [-0.1, -0.05) is 11.6 Å². The summed E-state index contributed by atoms with van der Waals surface area (Å²) >= 11 is 3.32. The van der Waals surface area contributed by atoms with E-state index in [0.717, 1.165) is 5.56 Å². The van der Waals surface area contributed by atoms with Crippen molar-refractivity contribution in [2.45, 2.75) is 6.92 Å². The second-order valence-corrected chi connectivity index (χ2v) is 5.35. The molecule has 2 aromatic rings. The molecule has 0 aliphatic carbocycles.